The van der Waals surface area contributed by atoms with Crippen molar-refractivity contribution in [2.75, 3.05) is 28.6 Å². The van der Waals surface area contributed by atoms with Gasteiger partial charge in [-0.15, -0.1) is 0 Å². The summed E-state index contributed by atoms with van der Waals surface area (Å²) in [6.07, 6.45) is 0. The van der Waals surface area contributed by atoms with Crippen molar-refractivity contribution in [1.29, 1.82) is 5.41 Å². The zero-order chi connectivity index (χ0) is 21.7. The van der Waals surface area contributed by atoms with Gasteiger partial charge < -0.3 is 26.2 Å². The van der Waals surface area contributed by atoms with Gasteiger partial charge in [0.05, 0.1) is 0 Å². The Kier molecular flexibility index (Phi) is 6.79. The SMILES string of the molecule is CC(C)[C@@H](NC(=O)Nc1ccc(Cl)cc1)C(=O)Nc1ccc(N2CCNC2=N)cc1. The van der Waals surface area contributed by atoms with E-state index in [-0.39, 0.29) is 11.8 Å². The highest BCUT2D eigenvalue weighted by atomic mass is 35.5. The first-order valence-electron chi connectivity index (χ1n) is 9.67. The van der Waals surface area contributed by atoms with E-state index >= 15 is 0 Å². The Morgan fingerprint density at radius 3 is 2.20 bits per heavy atom. The average Bonchev–Trinajstić information content (AvgIpc) is 3.14. The Balaban J connectivity index is 1.60. The molecule has 1 fully saturated rings. The van der Waals surface area contributed by atoms with E-state index in [2.05, 4.69) is 21.3 Å². The van der Waals surface area contributed by atoms with Gasteiger partial charge in [-0.25, -0.2) is 4.79 Å². The molecule has 9 heteroatoms. The lowest BCUT2D eigenvalue weighted by molar-refractivity contribution is -0.118. The first kappa shape index (κ1) is 21.4. The van der Waals surface area contributed by atoms with Crippen LogP contribution < -0.4 is 26.2 Å². The number of hydrogen-bond acceptors (Lipinski definition) is 3. The number of benzene rings is 2. The van der Waals surface area contributed by atoms with Gasteiger partial charge in [0.25, 0.3) is 0 Å². The highest BCUT2D eigenvalue weighted by Crippen LogP contribution is 2.20. The molecule has 8 nitrogen and oxygen atoms in total. The summed E-state index contributed by atoms with van der Waals surface area (Å²) in [4.78, 5) is 26.9. The second-order valence-corrected chi connectivity index (χ2v) is 7.73. The third-order valence-corrected chi connectivity index (χ3v) is 4.93. The van der Waals surface area contributed by atoms with Crippen molar-refractivity contribution in [2.24, 2.45) is 5.92 Å². The van der Waals surface area contributed by atoms with Crippen LogP contribution >= 0.6 is 11.6 Å². The standard InChI is InChI=1S/C21H25ClN6O2/c1-13(2)18(27-21(30)26-16-5-3-14(22)4-6-16)19(29)25-15-7-9-17(10-8-15)28-12-11-24-20(28)23/h3-10,13,18H,11-12H2,1-2H3,(H2,23,24)(H,25,29)(H2,26,27,30)/t18-/m1/s1. The number of nitrogens with one attached hydrogen (secondary N) is 5. The molecule has 1 saturated heterocycles. The predicted molar refractivity (Wildman–Crippen MR) is 120 cm³/mol. The van der Waals surface area contributed by atoms with Gasteiger partial charge in [0.2, 0.25) is 5.91 Å². The van der Waals surface area contributed by atoms with E-state index in [0.717, 1.165) is 18.8 Å². The van der Waals surface area contributed by atoms with Gasteiger partial charge in [-0.05, 0) is 54.4 Å². The molecule has 0 bridgehead atoms. The van der Waals surface area contributed by atoms with Crippen LogP contribution in [-0.4, -0.2) is 37.0 Å². The summed E-state index contributed by atoms with van der Waals surface area (Å²) in [6.45, 7) is 5.19. The summed E-state index contributed by atoms with van der Waals surface area (Å²) in [7, 11) is 0. The van der Waals surface area contributed by atoms with Crippen molar-refractivity contribution in [3.63, 3.8) is 0 Å². The van der Waals surface area contributed by atoms with Gasteiger partial charge in [0, 0.05) is 35.2 Å². The Bertz CT molecular complexity index is 914. The molecule has 158 valence electrons. The minimum Gasteiger partial charge on any atom is -0.354 e. The number of amides is 3. The minimum absolute atomic E-state index is 0.114. The van der Waals surface area contributed by atoms with E-state index in [4.69, 9.17) is 17.0 Å². The van der Waals surface area contributed by atoms with E-state index in [9.17, 15) is 9.59 Å². The summed E-state index contributed by atoms with van der Waals surface area (Å²) in [6, 6.07) is 12.8. The Labute approximate surface area is 180 Å². The van der Waals surface area contributed by atoms with Crippen molar-refractivity contribution in [3.8, 4) is 0 Å². The summed E-state index contributed by atoms with van der Waals surface area (Å²) < 4.78 is 0. The fourth-order valence-corrected chi connectivity index (χ4v) is 3.20. The zero-order valence-electron chi connectivity index (χ0n) is 16.8. The number of carbonyl (C=O) groups is 2. The topological polar surface area (TPSA) is 109 Å². The molecule has 3 rings (SSSR count). The van der Waals surface area contributed by atoms with E-state index in [1.165, 1.54) is 0 Å². The molecular weight excluding hydrogens is 404 g/mol. The van der Waals surface area contributed by atoms with Crippen LogP contribution in [0.15, 0.2) is 48.5 Å². The Hall–Kier alpha value is -3.26. The van der Waals surface area contributed by atoms with E-state index in [1.807, 2.05) is 30.9 Å². The summed E-state index contributed by atoms with van der Waals surface area (Å²) >= 11 is 5.85. The first-order chi connectivity index (χ1) is 14.3. The van der Waals surface area contributed by atoms with Crippen molar-refractivity contribution >= 4 is 46.6 Å². The molecule has 2 aromatic carbocycles. The maximum atomic E-state index is 12.8. The fourth-order valence-electron chi connectivity index (χ4n) is 3.07. The molecule has 1 atom stereocenters. The van der Waals surface area contributed by atoms with E-state index in [1.54, 1.807) is 36.4 Å². The second kappa shape index (κ2) is 9.49. The Morgan fingerprint density at radius 2 is 1.63 bits per heavy atom. The van der Waals surface area contributed by atoms with Gasteiger partial charge in [0.1, 0.15) is 6.04 Å². The van der Waals surface area contributed by atoms with Crippen LogP contribution in [0.2, 0.25) is 5.02 Å². The van der Waals surface area contributed by atoms with Crippen molar-refractivity contribution in [2.45, 2.75) is 19.9 Å². The molecule has 1 aliphatic heterocycles. The summed E-state index contributed by atoms with van der Waals surface area (Å²) in [5, 5.41) is 19.7. The zero-order valence-corrected chi connectivity index (χ0v) is 17.6. The lowest BCUT2D eigenvalue weighted by atomic mass is 10.0. The monoisotopic (exact) mass is 428 g/mol. The molecule has 30 heavy (non-hydrogen) atoms. The van der Waals surface area contributed by atoms with Gasteiger partial charge in [-0.1, -0.05) is 25.4 Å². The summed E-state index contributed by atoms with van der Waals surface area (Å²) in [5.41, 5.74) is 2.08. The fraction of sp³-hybridized carbons (Fsp3) is 0.286. The number of anilines is 3. The number of hydrogen-bond donors (Lipinski definition) is 5. The van der Waals surface area contributed by atoms with Crippen LogP contribution in [0.3, 0.4) is 0 Å². The maximum absolute atomic E-state index is 12.8. The van der Waals surface area contributed by atoms with Crippen molar-refractivity contribution in [1.82, 2.24) is 10.6 Å². The van der Waals surface area contributed by atoms with Crippen LogP contribution in [0.1, 0.15) is 13.8 Å². The molecule has 2 aromatic rings. The minimum atomic E-state index is -0.715. The number of guanidine groups is 1. The smallest absolute Gasteiger partial charge is 0.319 e. The maximum Gasteiger partial charge on any atom is 0.319 e. The molecule has 0 radical (unpaired) electrons. The molecule has 1 heterocycles. The first-order valence-corrected chi connectivity index (χ1v) is 10.1. The van der Waals surface area contributed by atoms with Crippen LogP contribution in [0.25, 0.3) is 0 Å². The third kappa shape index (κ3) is 5.42. The van der Waals surface area contributed by atoms with Crippen LogP contribution in [0, 0.1) is 11.3 Å². The van der Waals surface area contributed by atoms with Gasteiger partial charge in [-0.2, -0.15) is 0 Å². The highest BCUT2D eigenvalue weighted by molar-refractivity contribution is 6.30. The van der Waals surface area contributed by atoms with E-state index < -0.39 is 12.1 Å². The van der Waals surface area contributed by atoms with Crippen molar-refractivity contribution in [3.05, 3.63) is 53.6 Å². The molecular formula is C21H25ClN6O2. The molecule has 0 unspecified atom stereocenters. The highest BCUT2D eigenvalue weighted by Gasteiger charge is 2.24. The third-order valence-electron chi connectivity index (χ3n) is 4.68. The van der Waals surface area contributed by atoms with Gasteiger partial charge >= 0.3 is 6.03 Å². The van der Waals surface area contributed by atoms with Crippen molar-refractivity contribution < 1.29 is 9.59 Å². The van der Waals surface area contributed by atoms with Crippen LogP contribution in [-0.2, 0) is 4.79 Å². The molecule has 0 spiro atoms. The molecule has 3 amide bonds. The van der Waals surface area contributed by atoms with Crippen LogP contribution in [0.5, 0.6) is 0 Å². The van der Waals surface area contributed by atoms with Crippen LogP contribution in [0.4, 0.5) is 21.9 Å². The number of nitrogens with zero attached hydrogens (tertiary/aromatic N) is 1. The Morgan fingerprint density at radius 1 is 1.03 bits per heavy atom. The predicted octanol–water partition coefficient (Wildman–Crippen LogP) is 3.47. The van der Waals surface area contributed by atoms with Gasteiger partial charge in [-0.3, -0.25) is 10.2 Å². The number of halogens is 1. The molecule has 5 N–H and O–H groups in total. The van der Waals surface area contributed by atoms with E-state index in [0.29, 0.717) is 22.4 Å². The largest absolute Gasteiger partial charge is 0.354 e. The lowest BCUT2D eigenvalue weighted by Gasteiger charge is -2.22. The molecule has 0 saturated carbocycles. The quantitative estimate of drug-likeness (QED) is 0.485. The molecule has 0 aliphatic carbocycles. The molecule has 1 aliphatic rings. The number of urea groups is 1. The van der Waals surface area contributed by atoms with Gasteiger partial charge in [0.15, 0.2) is 5.96 Å². The number of rotatable bonds is 6. The molecule has 0 aromatic heterocycles. The number of carbonyl (C=O) groups excluding carboxylic acids is 2. The normalized spacial score (nSPS) is 14.3. The lowest BCUT2D eigenvalue weighted by Crippen LogP contribution is -2.48. The second-order valence-electron chi connectivity index (χ2n) is 7.29. The summed E-state index contributed by atoms with van der Waals surface area (Å²) in [5.74, 6) is -0.0569. The average molecular weight is 429 g/mol.